The second kappa shape index (κ2) is 16.6. The number of rotatable bonds is 10. The van der Waals surface area contributed by atoms with Crippen LogP contribution in [-0.4, -0.2) is 76.2 Å². The van der Waals surface area contributed by atoms with Gasteiger partial charge in [-0.25, -0.2) is 4.39 Å². The number of carbonyl (C=O) groups is 2. The third-order valence-corrected chi connectivity index (χ3v) is 12.6. The van der Waals surface area contributed by atoms with Gasteiger partial charge in [0.15, 0.2) is 0 Å². The van der Waals surface area contributed by atoms with Crippen molar-refractivity contribution in [3.05, 3.63) is 144 Å². The monoisotopic (exact) mass is 759 g/mol. The molecule has 0 saturated carbocycles. The average molecular weight is 760 g/mol. The van der Waals surface area contributed by atoms with E-state index < -0.39 is 0 Å². The first-order valence-electron chi connectivity index (χ1n) is 20.8. The van der Waals surface area contributed by atoms with Crippen molar-refractivity contribution in [2.24, 2.45) is 9.98 Å². The Morgan fingerprint density at radius 2 is 1.12 bits per heavy atom. The van der Waals surface area contributed by atoms with Gasteiger partial charge in [-0.05, 0) is 102 Å². The highest BCUT2D eigenvalue weighted by Crippen LogP contribution is 2.36. The zero-order valence-corrected chi connectivity index (χ0v) is 32.5. The van der Waals surface area contributed by atoms with Crippen molar-refractivity contribution in [1.29, 1.82) is 0 Å². The van der Waals surface area contributed by atoms with E-state index in [1.807, 2.05) is 35.5 Å². The number of nitrogens with zero attached hydrogens (tertiary/aromatic N) is 5. The Hall–Kier alpha value is -5.47. The molecule has 5 aliphatic heterocycles. The Labute approximate surface area is 335 Å². The Bertz CT molecular complexity index is 2240. The predicted octanol–water partition coefficient (Wildman–Crippen LogP) is 9.32. The van der Waals surface area contributed by atoms with Gasteiger partial charge in [0, 0.05) is 49.8 Å². The number of carbonyl (C=O) groups excluding carboxylic acids is 2. The summed E-state index contributed by atoms with van der Waals surface area (Å²) in [6.07, 6.45) is 12.8. The predicted molar refractivity (Wildman–Crippen MR) is 226 cm³/mol. The van der Waals surface area contributed by atoms with E-state index in [1.165, 1.54) is 18.1 Å². The lowest BCUT2D eigenvalue weighted by Gasteiger charge is -2.37. The number of hydrogen-bond donors (Lipinski definition) is 0. The minimum Gasteiger partial charge on any atom is -0.334 e. The second-order valence-corrected chi connectivity index (χ2v) is 16.2. The first-order chi connectivity index (χ1) is 28.0. The van der Waals surface area contributed by atoms with Crippen LogP contribution in [0.5, 0.6) is 0 Å². The summed E-state index contributed by atoms with van der Waals surface area (Å²) >= 11 is 0. The van der Waals surface area contributed by atoms with Crippen LogP contribution in [0.25, 0.3) is 22.3 Å². The molecule has 2 amide bonds. The zero-order chi connectivity index (χ0) is 38.7. The van der Waals surface area contributed by atoms with Crippen molar-refractivity contribution in [3.63, 3.8) is 0 Å². The Morgan fingerprint density at radius 3 is 1.72 bits per heavy atom. The average Bonchev–Trinajstić information content (AvgIpc) is 4.10. The van der Waals surface area contributed by atoms with Gasteiger partial charge in [0.1, 0.15) is 11.9 Å². The van der Waals surface area contributed by atoms with E-state index in [9.17, 15) is 14.0 Å². The molecule has 4 aromatic carbocycles. The van der Waals surface area contributed by atoms with Gasteiger partial charge < -0.3 is 9.80 Å². The van der Waals surface area contributed by atoms with E-state index in [2.05, 4.69) is 70.5 Å². The largest absolute Gasteiger partial charge is 0.334 e. The number of amides is 2. The van der Waals surface area contributed by atoms with Crippen molar-refractivity contribution in [1.82, 2.24) is 14.7 Å². The molecule has 0 spiro atoms. The van der Waals surface area contributed by atoms with Crippen LogP contribution in [0.3, 0.4) is 0 Å². The number of aliphatic imine (C=N–C) groups is 2. The van der Waals surface area contributed by atoms with E-state index in [0.717, 1.165) is 109 Å². The molecule has 0 N–H and O–H groups in total. The summed E-state index contributed by atoms with van der Waals surface area (Å²) in [7, 11) is 0. The third kappa shape index (κ3) is 7.80. The highest BCUT2D eigenvalue weighted by molar-refractivity contribution is 6.04. The van der Waals surface area contributed by atoms with Gasteiger partial charge in [-0.15, -0.1) is 0 Å². The third-order valence-electron chi connectivity index (χ3n) is 12.6. The van der Waals surface area contributed by atoms with Gasteiger partial charge in [0.05, 0.1) is 18.5 Å². The Morgan fingerprint density at radius 1 is 0.596 bits per heavy atom. The maximum atomic E-state index is 14.4. The molecule has 5 heterocycles. The highest BCUT2D eigenvalue weighted by Gasteiger charge is 2.40. The Balaban J connectivity index is 0.805. The van der Waals surface area contributed by atoms with E-state index in [0.29, 0.717) is 18.5 Å². The van der Waals surface area contributed by atoms with Crippen LogP contribution in [0.1, 0.15) is 86.1 Å². The maximum absolute atomic E-state index is 14.4. The quantitative estimate of drug-likeness (QED) is 0.162. The molecule has 8 heteroatoms. The van der Waals surface area contributed by atoms with Gasteiger partial charge >= 0.3 is 0 Å². The summed E-state index contributed by atoms with van der Waals surface area (Å²) in [4.78, 5) is 43.8. The fraction of sp³-hybridized carbons (Fsp3) is 0.347. The van der Waals surface area contributed by atoms with E-state index in [-0.39, 0.29) is 42.2 Å². The number of allylic oxidation sites excluding steroid dienone is 2. The zero-order valence-electron chi connectivity index (χ0n) is 32.5. The molecule has 9 rings (SSSR count). The molecule has 0 radical (unpaired) electrons. The fourth-order valence-corrected chi connectivity index (χ4v) is 9.58. The summed E-state index contributed by atoms with van der Waals surface area (Å²) in [6.45, 7) is 3.40. The lowest BCUT2D eigenvalue weighted by molar-refractivity contribution is -0.137. The molecule has 3 saturated heterocycles. The van der Waals surface area contributed by atoms with Crippen molar-refractivity contribution >= 4 is 34.4 Å². The van der Waals surface area contributed by atoms with Crippen LogP contribution in [0.2, 0.25) is 0 Å². The minimum atomic E-state index is -0.334. The van der Waals surface area contributed by atoms with E-state index >= 15 is 0 Å². The van der Waals surface area contributed by atoms with Gasteiger partial charge in [-0.1, -0.05) is 103 Å². The van der Waals surface area contributed by atoms with Crippen LogP contribution in [0, 0.1) is 5.82 Å². The molecule has 0 aromatic heterocycles. The van der Waals surface area contributed by atoms with Crippen molar-refractivity contribution in [2.75, 3.05) is 26.2 Å². The molecule has 0 unspecified atom stereocenters. The molecular weight excluding hydrogens is 710 g/mol. The van der Waals surface area contributed by atoms with Gasteiger partial charge in [-0.3, -0.25) is 24.5 Å². The summed E-state index contributed by atoms with van der Waals surface area (Å²) in [5, 5.41) is 0. The van der Waals surface area contributed by atoms with E-state index in [4.69, 9.17) is 9.98 Å². The lowest BCUT2D eigenvalue weighted by Crippen LogP contribution is -2.48. The van der Waals surface area contributed by atoms with Crippen molar-refractivity contribution in [3.8, 4) is 11.1 Å². The van der Waals surface area contributed by atoms with Crippen LogP contribution in [-0.2, 0) is 16.0 Å². The molecule has 290 valence electrons. The molecular formula is C49H50FN5O2. The second-order valence-electron chi connectivity index (χ2n) is 16.2. The standard InChI is InChI=1S/C49H50FN5O2/c50-42-14-6-5-13-39(42)31-47(56)54-27-9-15-45(54)43-29-40(32-51-43)36-21-17-34(18-22-36)35-19-23-37(24-20-35)41-30-44(52-33-41)46-16-10-28-55(46)49(57)48(38-11-3-1-4-12-38)53-25-7-2-8-26-53/h1,3-6,11-14,17-24,32-33,45-46,48H,2,7-10,15-16,25-31H2/t45-,46-,48+/m0/s1. The first-order valence-corrected chi connectivity index (χ1v) is 20.8. The fourth-order valence-electron chi connectivity index (χ4n) is 9.58. The molecule has 4 aromatic rings. The summed E-state index contributed by atoms with van der Waals surface area (Å²) in [5.74, 6) is -0.154. The van der Waals surface area contributed by atoms with Gasteiger partial charge in [0.25, 0.3) is 0 Å². The molecule has 5 aliphatic rings. The molecule has 0 aliphatic carbocycles. The number of hydrogen-bond acceptors (Lipinski definition) is 5. The summed E-state index contributed by atoms with van der Waals surface area (Å²) in [5.41, 5.74) is 10.6. The molecule has 3 fully saturated rings. The minimum absolute atomic E-state index is 0.0386. The van der Waals surface area contributed by atoms with Crippen molar-refractivity contribution < 1.29 is 14.0 Å². The normalized spacial score (nSPS) is 21.6. The molecule has 0 bridgehead atoms. The Kier molecular flexibility index (Phi) is 10.8. The SMILES string of the molecule is O=C(Cc1ccccc1F)N1CCC[C@H]1C1=NC=C(c2ccc(-c3ccc(C4=CN=C([C@@H]5CCCN5C(=O)[C@@H](c5ccccc5)N5CCCCC5)C4)cc3)cc2)C1. The van der Waals surface area contributed by atoms with Crippen LogP contribution in [0.15, 0.2) is 126 Å². The maximum Gasteiger partial charge on any atom is 0.245 e. The molecule has 57 heavy (non-hydrogen) atoms. The molecule has 7 nitrogen and oxygen atoms in total. The lowest BCUT2D eigenvalue weighted by atomic mass is 9.94. The molecule has 3 atom stereocenters. The first kappa shape index (κ1) is 37.1. The number of piperidine rings is 1. The summed E-state index contributed by atoms with van der Waals surface area (Å²) in [6, 6.07) is 34.0. The summed E-state index contributed by atoms with van der Waals surface area (Å²) < 4.78 is 14.3. The van der Waals surface area contributed by atoms with Gasteiger partial charge in [-0.2, -0.15) is 0 Å². The van der Waals surface area contributed by atoms with Crippen LogP contribution < -0.4 is 0 Å². The van der Waals surface area contributed by atoms with Gasteiger partial charge in [0.2, 0.25) is 11.8 Å². The van der Waals surface area contributed by atoms with Crippen LogP contribution >= 0.6 is 0 Å². The topological polar surface area (TPSA) is 68.6 Å². The van der Waals surface area contributed by atoms with E-state index in [1.54, 1.807) is 18.2 Å². The number of halogens is 1. The number of benzene rings is 4. The van der Waals surface area contributed by atoms with Crippen LogP contribution in [0.4, 0.5) is 4.39 Å². The van der Waals surface area contributed by atoms with Crippen molar-refractivity contribution in [2.45, 2.75) is 82.3 Å². The smallest absolute Gasteiger partial charge is 0.245 e. The highest BCUT2D eigenvalue weighted by atomic mass is 19.1. The number of likely N-dealkylation sites (tertiary alicyclic amines) is 3.